The Balaban J connectivity index is 1.98. The van der Waals surface area contributed by atoms with Gasteiger partial charge in [-0.2, -0.15) is 0 Å². The predicted octanol–water partition coefficient (Wildman–Crippen LogP) is 5.83. The minimum atomic E-state index is 0.761. The summed E-state index contributed by atoms with van der Waals surface area (Å²) in [6.45, 7) is 7.87. The average molecular weight is 354 g/mol. The van der Waals surface area contributed by atoms with Crippen molar-refractivity contribution in [3.05, 3.63) is 76.4 Å². The van der Waals surface area contributed by atoms with Crippen molar-refractivity contribution in [1.82, 2.24) is 4.90 Å². The average Bonchev–Trinajstić information content (AvgIpc) is 2.64. The molecule has 1 nitrogen and oxygen atoms in total. The zero-order valence-corrected chi connectivity index (χ0v) is 16.1. The molecule has 2 heteroatoms. The summed E-state index contributed by atoms with van der Waals surface area (Å²) in [6.07, 6.45) is 3.39. The molecule has 0 amide bonds. The highest BCUT2D eigenvalue weighted by Crippen LogP contribution is 2.35. The predicted molar refractivity (Wildman–Crippen MR) is 109 cm³/mol. The van der Waals surface area contributed by atoms with E-state index in [1.54, 1.807) is 5.57 Å². The number of halogens is 1. The van der Waals surface area contributed by atoms with E-state index in [0.717, 1.165) is 44.8 Å². The van der Waals surface area contributed by atoms with Gasteiger partial charge >= 0.3 is 0 Å². The maximum atomic E-state index is 5.86. The molecule has 3 rings (SSSR count). The van der Waals surface area contributed by atoms with Gasteiger partial charge in [0.2, 0.25) is 0 Å². The van der Waals surface area contributed by atoms with E-state index >= 15 is 0 Å². The van der Waals surface area contributed by atoms with Crippen molar-refractivity contribution in [2.24, 2.45) is 0 Å². The molecule has 0 aromatic heterocycles. The molecule has 1 saturated heterocycles. The van der Waals surface area contributed by atoms with E-state index in [4.69, 9.17) is 11.6 Å². The van der Waals surface area contributed by atoms with Crippen LogP contribution in [0.1, 0.15) is 41.5 Å². The number of likely N-dealkylation sites (tertiary alicyclic amines) is 1. The van der Waals surface area contributed by atoms with E-state index in [2.05, 4.69) is 67.3 Å². The molecule has 0 radical (unpaired) electrons. The molecular formula is C23H28ClN. The van der Waals surface area contributed by atoms with Crippen molar-refractivity contribution in [2.45, 2.75) is 33.1 Å². The molecule has 0 N–H and O–H groups in total. The highest BCUT2D eigenvalue weighted by molar-refractivity contribution is 6.17. The fraction of sp³-hybridized carbons (Fsp3) is 0.391. The molecule has 1 heterocycles. The van der Waals surface area contributed by atoms with Gasteiger partial charge in [-0.1, -0.05) is 54.1 Å². The smallest absolute Gasteiger partial charge is 0.0235 e. The molecule has 25 heavy (non-hydrogen) atoms. The van der Waals surface area contributed by atoms with E-state index in [1.165, 1.54) is 27.8 Å². The minimum Gasteiger partial charge on any atom is -0.303 e. The van der Waals surface area contributed by atoms with Gasteiger partial charge in [0.25, 0.3) is 0 Å². The highest BCUT2D eigenvalue weighted by atomic mass is 35.5. The van der Waals surface area contributed by atoms with Crippen molar-refractivity contribution < 1.29 is 0 Å². The Hall–Kier alpha value is -1.57. The van der Waals surface area contributed by atoms with Gasteiger partial charge in [0.15, 0.2) is 0 Å². The summed E-state index contributed by atoms with van der Waals surface area (Å²) in [5, 5.41) is 0. The SMILES string of the molecule is Cc1ccccc1C(=C1CCN(CCCCl)CC1)c1ccccc1C. The first kappa shape index (κ1) is 18.2. The van der Waals surface area contributed by atoms with Crippen molar-refractivity contribution in [3.63, 3.8) is 0 Å². The number of rotatable bonds is 5. The molecule has 2 aromatic rings. The zero-order chi connectivity index (χ0) is 17.6. The molecule has 1 aliphatic rings. The highest BCUT2D eigenvalue weighted by Gasteiger charge is 2.20. The summed E-state index contributed by atoms with van der Waals surface area (Å²) in [7, 11) is 0. The Morgan fingerprint density at radius 3 is 1.88 bits per heavy atom. The van der Waals surface area contributed by atoms with Gasteiger partial charge in [-0.25, -0.2) is 0 Å². The Morgan fingerprint density at radius 2 is 1.40 bits per heavy atom. The molecule has 2 aromatic carbocycles. The first-order valence-electron chi connectivity index (χ1n) is 9.33. The number of hydrogen-bond acceptors (Lipinski definition) is 1. The third-order valence-electron chi connectivity index (χ3n) is 5.25. The lowest BCUT2D eigenvalue weighted by atomic mass is 9.85. The molecule has 0 spiro atoms. The molecule has 0 bridgehead atoms. The van der Waals surface area contributed by atoms with Crippen LogP contribution < -0.4 is 0 Å². The van der Waals surface area contributed by atoms with Crippen LogP contribution in [0.4, 0.5) is 0 Å². The number of nitrogens with zero attached hydrogens (tertiary/aromatic N) is 1. The molecule has 1 aliphatic heterocycles. The van der Waals surface area contributed by atoms with Crippen LogP contribution in [0, 0.1) is 13.8 Å². The van der Waals surface area contributed by atoms with Crippen molar-refractivity contribution in [2.75, 3.05) is 25.5 Å². The molecular weight excluding hydrogens is 326 g/mol. The summed E-state index contributed by atoms with van der Waals surface area (Å²) >= 11 is 5.86. The third kappa shape index (κ3) is 4.34. The van der Waals surface area contributed by atoms with Crippen LogP contribution in [0.5, 0.6) is 0 Å². The van der Waals surface area contributed by atoms with Gasteiger partial charge in [0, 0.05) is 19.0 Å². The molecule has 0 atom stereocenters. The number of aryl methyl sites for hydroxylation is 2. The lowest BCUT2D eigenvalue weighted by Crippen LogP contribution is -2.32. The van der Waals surface area contributed by atoms with E-state index in [9.17, 15) is 0 Å². The fourth-order valence-corrected chi connectivity index (χ4v) is 3.93. The maximum absolute atomic E-state index is 5.86. The van der Waals surface area contributed by atoms with Crippen molar-refractivity contribution in [1.29, 1.82) is 0 Å². The fourth-order valence-electron chi connectivity index (χ4n) is 3.81. The van der Waals surface area contributed by atoms with E-state index in [1.807, 2.05) is 0 Å². The molecule has 0 unspecified atom stereocenters. The minimum absolute atomic E-state index is 0.761. The van der Waals surface area contributed by atoms with Crippen molar-refractivity contribution in [3.8, 4) is 0 Å². The Bertz CT molecular complexity index is 690. The molecule has 132 valence electrons. The monoisotopic (exact) mass is 353 g/mol. The van der Waals surface area contributed by atoms with Gasteiger partial charge in [-0.3, -0.25) is 0 Å². The molecule has 0 aliphatic carbocycles. The van der Waals surface area contributed by atoms with Crippen LogP contribution in [-0.2, 0) is 0 Å². The zero-order valence-electron chi connectivity index (χ0n) is 15.4. The number of hydrogen-bond donors (Lipinski definition) is 0. The van der Waals surface area contributed by atoms with E-state index < -0.39 is 0 Å². The topological polar surface area (TPSA) is 3.24 Å². The van der Waals surface area contributed by atoms with E-state index in [-0.39, 0.29) is 0 Å². The van der Waals surface area contributed by atoms with E-state index in [0.29, 0.717) is 0 Å². The van der Waals surface area contributed by atoms with Crippen LogP contribution in [-0.4, -0.2) is 30.4 Å². The van der Waals surface area contributed by atoms with Crippen LogP contribution in [0.3, 0.4) is 0 Å². The summed E-state index contributed by atoms with van der Waals surface area (Å²) in [6, 6.07) is 17.6. The number of benzene rings is 2. The first-order valence-corrected chi connectivity index (χ1v) is 9.86. The van der Waals surface area contributed by atoms with Gasteiger partial charge in [0.05, 0.1) is 0 Å². The van der Waals surface area contributed by atoms with Crippen LogP contribution >= 0.6 is 11.6 Å². The second-order valence-corrected chi connectivity index (χ2v) is 7.37. The lowest BCUT2D eigenvalue weighted by molar-refractivity contribution is 0.258. The second-order valence-electron chi connectivity index (χ2n) is 6.99. The molecule has 0 saturated carbocycles. The summed E-state index contributed by atoms with van der Waals surface area (Å²) in [5.41, 5.74) is 8.57. The van der Waals surface area contributed by atoms with Gasteiger partial charge in [-0.05, 0) is 67.5 Å². The standard InChI is InChI=1S/C23H28ClN/c1-18-8-3-5-10-21(18)23(22-11-6-4-9-19(22)2)20-12-16-25(17-13-20)15-7-14-24/h3-6,8-11H,7,12-17H2,1-2H3. The van der Waals surface area contributed by atoms with Gasteiger partial charge in [-0.15, -0.1) is 11.6 Å². The van der Waals surface area contributed by atoms with Crippen molar-refractivity contribution >= 4 is 17.2 Å². The maximum Gasteiger partial charge on any atom is 0.0235 e. The van der Waals surface area contributed by atoms with Crippen LogP contribution in [0.15, 0.2) is 54.1 Å². The Labute approximate surface area is 157 Å². The second kappa shape index (κ2) is 8.69. The van der Waals surface area contributed by atoms with Crippen LogP contribution in [0.25, 0.3) is 5.57 Å². The molecule has 1 fully saturated rings. The Kier molecular flexibility index (Phi) is 6.34. The number of alkyl halides is 1. The summed E-state index contributed by atoms with van der Waals surface area (Å²) in [4.78, 5) is 2.55. The largest absolute Gasteiger partial charge is 0.303 e. The third-order valence-corrected chi connectivity index (χ3v) is 5.52. The quantitative estimate of drug-likeness (QED) is 0.611. The lowest BCUT2D eigenvalue weighted by Gasteiger charge is -2.30. The summed E-state index contributed by atoms with van der Waals surface area (Å²) in [5.74, 6) is 0.761. The first-order chi connectivity index (χ1) is 12.2. The van der Waals surface area contributed by atoms with Crippen LogP contribution in [0.2, 0.25) is 0 Å². The normalized spacial score (nSPS) is 15.4. The van der Waals surface area contributed by atoms with Gasteiger partial charge in [0.1, 0.15) is 0 Å². The summed E-state index contributed by atoms with van der Waals surface area (Å²) < 4.78 is 0. The van der Waals surface area contributed by atoms with Gasteiger partial charge < -0.3 is 4.90 Å². The Morgan fingerprint density at radius 1 is 0.880 bits per heavy atom. The number of piperidine rings is 1.